The fourth-order valence-electron chi connectivity index (χ4n) is 2.46. The summed E-state index contributed by atoms with van der Waals surface area (Å²) in [5.74, 6) is -2.26. The lowest BCUT2D eigenvalue weighted by Gasteiger charge is -2.24. The number of hydrogen-bond acceptors (Lipinski definition) is 3. The first-order valence-corrected chi connectivity index (χ1v) is 7.33. The Balaban J connectivity index is 2.37. The first-order chi connectivity index (χ1) is 10.9. The van der Waals surface area contributed by atoms with Crippen LogP contribution >= 0.6 is 0 Å². The summed E-state index contributed by atoms with van der Waals surface area (Å²) in [6.07, 6.45) is 0. The number of anilines is 1. The van der Waals surface area contributed by atoms with Crippen molar-refractivity contribution in [3.8, 4) is 0 Å². The minimum Gasteiger partial charge on any atom is -0.478 e. The summed E-state index contributed by atoms with van der Waals surface area (Å²) in [4.78, 5) is 24.5. The van der Waals surface area contributed by atoms with Gasteiger partial charge < -0.3 is 15.1 Å². The molecule has 0 heterocycles. The Bertz CT molecular complexity index is 707. The van der Waals surface area contributed by atoms with Crippen molar-refractivity contribution in [2.45, 2.75) is 20.4 Å². The van der Waals surface area contributed by atoms with E-state index in [1.165, 1.54) is 18.2 Å². The van der Waals surface area contributed by atoms with Crippen molar-refractivity contribution >= 4 is 17.6 Å². The van der Waals surface area contributed by atoms with Crippen LogP contribution in [0.2, 0.25) is 0 Å². The summed E-state index contributed by atoms with van der Waals surface area (Å²) in [6, 6.07) is 12.2. The van der Waals surface area contributed by atoms with E-state index in [0.29, 0.717) is 12.1 Å². The molecule has 0 fully saturated rings. The maximum absolute atomic E-state index is 11.2. The highest BCUT2D eigenvalue weighted by atomic mass is 16.4. The van der Waals surface area contributed by atoms with Gasteiger partial charge in [-0.2, -0.15) is 0 Å². The van der Waals surface area contributed by atoms with Crippen molar-refractivity contribution in [1.82, 2.24) is 0 Å². The molecule has 0 aliphatic carbocycles. The van der Waals surface area contributed by atoms with Crippen LogP contribution in [0.25, 0.3) is 0 Å². The lowest BCUT2D eigenvalue weighted by molar-refractivity contribution is 0.0696. The Morgan fingerprint density at radius 2 is 1.61 bits per heavy atom. The summed E-state index contributed by atoms with van der Waals surface area (Å²) in [6.45, 7) is 5.18. The van der Waals surface area contributed by atoms with Gasteiger partial charge in [0.05, 0.1) is 11.1 Å². The van der Waals surface area contributed by atoms with Gasteiger partial charge in [0.25, 0.3) is 0 Å². The normalized spacial score (nSPS) is 10.3. The average Bonchev–Trinajstić information content (AvgIpc) is 2.52. The maximum atomic E-state index is 11.2. The summed E-state index contributed by atoms with van der Waals surface area (Å²) in [5, 5.41) is 18.3. The van der Waals surface area contributed by atoms with E-state index >= 15 is 0 Å². The van der Waals surface area contributed by atoms with Crippen molar-refractivity contribution in [2.24, 2.45) is 0 Å². The van der Waals surface area contributed by atoms with E-state index in [4.69, 9.17) is 10.2 Å². The number of carbonyl (C=O) groups is 2. The molecule has 120 valence electrons. The molecule has 2 rings (SSSR count). The number of carboxylic acids is 2. The molecule has 0 aliphatic rings. The van der Waals surface area contributed by atoms with Gasteiger partial charge in [0.15, 0.2) is 0 Å². The van der Waals surface area contributed by atoms with Gasteiger partial charge in [0.1, 0.15) is 0 Å². The highest BCUT2D eigenvalue weighted by Crippen LogP contribution is 2.20. The number of aryl methyl sites for hydroxylation is 1. The molecule has 5 nitrogen and oxygen atoms in total. The van der Waals surface area contributed by atoms with Crippen molar-refractivity contribution in [2.75, 3.05) is 11.4 Å². The van der Waals surface area contributed by atoms with Crippen molar-refractivity contribution < 1.29 is 19.8 Å². The van der Waals surface area contributed by atoms with E-state index in [1.807, 2.05) is 38.1 Å². The zero-order valence-corrected chi connectivity index (χ0v) is 13.1. The van der Waals surface area contributed by atoms with E-state index in [2.05, 4.69) is 4.90 Å². The van der Waals surface area contributed by atoms with Crippen LogP contribution in [0.5, 0.6) is 0 Å². The minimum atomic E-state index is -1.13. The maximum Gasteiger partial charge on any atom is 0.335 e. The molecular weight excluding hydrogens is 294 g/mol. The van der Waals surface area contributed by atoms with Crippen molar-refractivity contribution in [3.05, 3.63) is 64.7 Å². The molecule has 0 aliphatic heterocycles. The number of nitrogens with zero attached hydrogens (tertiary/aromatic N) is 1. The van der Waals surface area contributed by atoms with Crippen molar-refractivity contribution in [1.29, 1.82) is 0 Å². The number of carboxylic acid groups (broad SMARTS) is 2. The van der Waals surface area contributed by atoms with Crippen LogP contribution in [-0.4, -0.2) is 28.7 Å². The quantitative estimate of drug-likeness (QED) is 0.854. The van der Waals surface area contributed by atoms with Crippen LogP contribution in [0, 0.1) is 6.92 Å². The van der Waals surface area contributed by atoms with Crippen LogP contribution in [0.1, 0.15) is 38.8 Å². The molecule has 23 heavy (non-hydrogen) atoms. The van der Waals surface area contributed by atoms with Gasteiger partial charge in [-0.05, 0) is 55.3 Å². The third kappa shape index (κ3) is 4.10. The molecule has 2 N–H and O–H groups in total. The molecule has 0 radical (unpaired) electrons. The molecule has 0 atom stereocenters. The number of benzene rings is 2. The Hall–Kier alpha value is -2.82. The SMILES string of the molecule is CCN(Cc1cc(C(=O)O)cc(C(=O)O)c1)c1cccc(C)c1. The zero-order valence-electron chi connectivity index (χ0n) is 13.1. The molecule has 0 aromatic heterocycles. The topological polar surface area (TPSA) is 77.8 Å². The highest BCUT2D eigenvalue weighted by Gasteiger charge is 2.13. The first-order valence-electron chi connectivity index (χ1n) is 7.33. The molecule has 0 bridgehead atoms. The second-order valence-corrected chi connectivity index (χ2v) is 5.38. The van der Waals surface area contributed by atoms with E-state index in [0.717, 1.165) is 17.8 Å². The van der Waals surface area contributed by atoms with Crippen molar-refractivity contribution in [3.63, 3.8) is 0 Å². The molecule has 0 saturated heterocycles. The molecule has 2 aromatic rings. The smallest absolute Gasteiger partial charge is 0.335 e. The predicted molar refractivity (Wildman–Crippen MR) is 88.3 cm³/mol. The summed E-state index contributed by atoms with van der Waals surface area (Å²) in [7, 11) is 0. The summed E-state index contributed by atoms with van der Waals surface area (Å²) < 4.78 is 0. The average molecular weight is 313 g/mol. The second kappa shape index (κ2) is 6.96. The lowest BCUT2D eigenvalue weighted by atomic mass is 10.0. The predicted octanol–water partition coefficient (Wildman–Crippen LogP) is 3.42. The van der Waals surface area contributed by atoms with Crippen LogP contribution in [0.4, 0.5) is 5.69 Å². The first kappa shape index (κ1) is 16.5. The van der Waals surface area contributed by atoms with E-state index in [-0.39, 0.29) is 11.1 Å². The van der Waals surface area contributed by atoms with Gasteiger partial charge in [0.2, 0.25) is 0 Å². The molecule has 0 spiro atoms. The zero-order chi connectivity index (χ0) is 17.0. The van der Waals surface area contributed by atoms with E-state index < -0.39 is 11.9 Å². The Morgan fingerprint density at radius 1 is 1.00 bits per heavy atom. The van der Waals surface area contributed by atoms with Crippen LogP contribution in [0.15, 0.2) is 42.5 Å². The van der Waals surface area contributed by atoms with Crippen LogP contribution in [0.3, 0.4) is 0 Å². The Labute approximate surface area is 134 Å². The number of rotatable bonds is 6. The third-order valence-corrected chi connectivity index (χ3v) is 3.61. The lowest BCUT2D eigenvalue weighted by Crippen LogP contribution is -2.22. The highest BCUT2D eigenvalue weighted by molar-refractivity contribution is 5.94. The minimum absolute atomic E-state index is 0.0137. The van der Waals surface area contributed by atoms with Gasteiger partial charge in [-0.25, -0.2) is 9.59 Å². The second-order valence-electron chi connectivity index (χ2n) is 5.38. The molecule has 2 aromatic carbocycles. The van der Waals surface area contributed by atoms with Gasteiger partial charge in [-0.1, -0.05) is 12.1 Å². The van der Waals surface area contributed by atoms with Gasteiger partial charge >= 0.3 is 11.9 Å². The molecule has 0 unspecified atom stereocenters. The summed E-state index contributed by atoms with van der Waals surface area (Å²) >= 11 is 0. The van der Waals surface area contributed by atoms with E-state index in [9.17, 15) is 9.59 Å². The molecule has 0 amide bonds. The van der Waals surface area contributed by atoms with Gasteiger partial charge in [-0.3, -0.25) is 0 Å². The van der Waals surface area contributed by atoms with Gasteiger partial charge in [0, 0.05) is 18.8 Å². The Morgan fingerprint density at radius 3 is 2.09 bits per heavy atom. The molecular formula is C18H19NO4. The number of aromatic carboxylic acids is 2. The monoisotopic (exact) mass is 313 g/mol. The van der Waals surface area contributed by atoms with Crippen LogP contribution < -0.4 is 4.90 Å². The van der Waals surface area contributed by atoms with Crippen LogP contribution in [-0.2, 0) is 6.54 Å². The molecule has 5 heteroatoms. The number of hydrogen-bond donors (Lipinski definition) is 2. The fraction of sp³-hybridized carbons (Fsp3) is 0.222. The van der Waals surface area contributed by atoms with Gasteiger partial charge in [-0.15, -0.1) is 0 Å². The van der Waals surface area contributed by atoms with E-state index in [1.54, 1.807) is 0 Å². The Kier molecular flexibility index (Phi) is 5.01. The standard InChI is InChI=1S/C18H19NO4/c1-3-19(16-6-4-5-12(2)7-16)11-13-8-14(17(20)21)10-15(9-13)18(22)23/h4-10H,3,11H2,1-2H3,(H,20,21)(H,22,23). The molecule has 0 saturated carbocycles. The fourth-order valence-corrected chi connectivity index (χ4v) is 2.46. The largest absolute Gasteiger partial charge is 0.478 e. The summed E-state index contributed by atoms with van der Waals surface area (Å²) in [5.41, 5.74) is 2.78. The third-order valence-electron chi connectivity index (χ3n) is 3.61.